The number of rotatable bonds is 7. The van der Waals surface area contributed by atoms with E-state index in [0.29, 0.717) is 29.5 Å². The third kappa shape index (κ3) is 5.06. The molecule has 0 atom stereocenters. The molecule has 0 aliphatic heterocycles. The average Bonchev–Trinajstić information content (AvgIpc) is 3.07. The molecule has 2 N–H and O–H groups in total. The molecule has 0 fully saturated rings. The van der Waals surface area contributed by atoms with Crippen molar-refractivity contribution in [3.63, 3.8) is 0 Å². The lowest BCUT2D eigenvalue weighted by Gasteiger charge is -2.13. The number of hydrogen-bond donors (Lipinski definition) is 2. The van der Waals surface area contributed by atoms with Crippen LogP contribution in [0.2, 0.25) is 0 Å². The number of benzene rings is 2. The number of furan rings is 1. The molecule has 7 nitrogen and oxygen atoms in total. The first-order valence-corrected chi connectivity index (χ1v) is 9.92. The van der Waals surface area contributed by atoms with Crippen LogP contribution in [0.5, 0.6) is 11.5 Å². The summed E-state index contributed by atoms with van der Waals surface area (Å²) in [6, 6.07) is 8.84. The van der Waals surface area contributed by atoms with E-state index in [-0.39, 0.29) is 11.8 Å². The number of amides is 2. The zero-order chi connectivity index (χ0) is 22.5. The third-order valence-corrected chi connectivity index (χ3v) is 4.72. The van der Waals surface area contributed by atoms with Gasteiger partial charge in [0.05, 0.1) is 25.7 Å². The van der Waals surface area contributed by atoms with Gasteiger partial charge in [-0.15, -0.1) is 0 Å². The van der Waals surface area contributed by atoms with Crippen LogP contribution in [-0.4, -0.2) is 25.5 Å². The third-order valence-electron chi connectivity index (χ3n) is 4.72. The molecular formula is C24H26N2O5. The van der Waals surface area contributed by atoms with Crippen molar-refractivity contribution in [1.29, 1.82) is 0 Å². The van der Waals surface area contributed by atoms with Gasteiger partial charge >= 0.3 is 0 Å². The van der Waals surface area contributed by atoms with E-state index in [2.05, 4.69) is 10.6 Å². The molecule has 0 unspecified atom stereocenters. The quantitative estimate of drug-likeness (QED) is 0.514. The Bertz CT molecular complexity index is 1160. The molecule has 2 aromatic carbocycles. The Morgan fingerprint density at radius 1 is 1.10 bits per heavy atom. The van der Waals surface area contributed by atoms with Gasteiger partial charge < -0.3 is 24.5 Å². The van der Waals surface area contributed by atoms with Gasteiger partial charge in [0.25, 0.3) is 0 Å². The Kier molecular flexibility index (Phi) is 6.65. The smallest absolute Gasteiger partial charge is 0.248 e. The zero-order valence-electron chi connectivity index (χ0n) is 18.3. The SMILES string of the molecule is CCOc1cc2occ(C)c2cc1/C(C)=C/C(=O)Nc1cc(NC(C)=O)ccc1OC. The lowest BCUT2D eigenvalue weighted by Crippen LogP contribution is -2.11. The fraction of sp³-hybridized carbons (Fsp3) is 0.250. The van der Waals surface area contributed by atoms with E-state index in [0.717, 1.165) is 27.7 Å². The van der Waals surface area contributed by atoms with E-state index in [4.69, 9.17) is 13.9 Å². The maximum absolute atomic E-state index is 12.8. The number of nitrogens with one attached hydrogen (secondary N) is 2. The van der Waals surface area contributed by atoms with Crippen LogP contribution < -0.4 is 20.1 Å². The van der Waals surface area contributed by atoms with Crippen molar-refractivity contribution in [2.24, 2.45) is 0 Å². The summed E-state index contributed by atoms with van der Waals surface area (Å²) in [4.78, 5) is 24.1. The van der Waals surface area contributed by atoms with Crippen molar-refractivity contribution in [3.05, 3.63) is 53.8 Å². The topological polar surface area (TPSA) is 89.8 Å². The number of anilines is 2. The molecule has 31 heavy (non-hydrogen) atoms. The van der Waals surface area contributed by atoms with E-state index in [1.165, 1.54) is 20.1 Å². The first-order valence-electron chi connectivity index (χ1n) is 9.92. The van der Waals surface area contributed by atoms with Crippen molar-refractivity contribution in [2.45, 2.75) is 27.7 Å². The monoisotopic (exact) mass is 422 g/mol. The molecule has 1 aromatic heterocycles. The lowest BCUT2D eigenvalue weighted by atomic mass is 10.0. The Balaban J connectivity index is 1.91. The van der Waals surface area contributed by atoms with Crippen LogP contribution in [0.15, 0.2) is 47.1 Å². The molecule has 0 aliphatic carbocycles. The minimum absolute atomic E-state index is 0.202. The first kappa shape index (κ1) is 22.0. The van der Waals surface area contributed by atoms with Gasteiger partial charge in [0.1, 0.15) is 17.1 Å². The molecule has 7 heteroatoms. The van der Waals surface area contributed by atoms with Crippen LogP contribution in [-0.2, 0) is 9.59 Å². The molecule has 0 saturated heterocycles. The van der Waals surface area contributed by atoms with E-state index in [9.17, 15) is 9.59 Å². The van der Waals surface area contributed by atoms with Crippen molar-refractivity contribution < 1.29 is 23.5 Å². The molecule has 0 bridgehead atoms. The van der Waals surface area contributed by atoms with Gasteiger partial charge in [-0.1, -0.05) is 0 Å². The highest BCUT2D eigenvalue weighted by atomic mass is 16.5. The standard InChI is InChI=1S/C24H26N2O5/c1-6-30-22-12-23-19(15(3)13-31-23)11-18(22)14(2)9-24(28)26-20-10-17(25-16(4)27)7-8-21(20)29-5/h7-13H,6H2,1-5H3,(H,25,27)(H,26,28)/b14-9+. The molecule has 0 spiro atoms. The number of ether oxygens (including phenoxy) is 2. The average molecular weight is 422 g/mol. The van der Waals surface area contributed by atoms with Gasteiger partial charge in [-0.3, -0.25) is 9.59 Å². The van der Waals surface area contributed by atoms with Crippen LogP contribution in [0.3, 0.4) is 0 Å². The first-order chi connectivity index (χ1) is 14.8. The predicted octanol–water partition coefficient (Wildman–Crippen LogP) is 5.15. The summed E-state index contributed by atoms with van der Waals surface area (Å²) in [5.41, 5.74) is 4.31. The molecule has 3 rings (SSSR count). The maximum atomic E-state index is 12.8. The minimum Gasteiger partial charge on any atom is -0.495 e. The molecule has 162 valence electrons. The largest absolute Gasteiger partial charge is 0.495 e. The van der Waals surface area contributed by atoms with Crippen molar-refractivity contribution >= 4 is 39.7 Å². The number of fused-ring (bicyclic) bond motifs is 1. The lowest BCUT2D eigenvalue weighted by molar-refractivity contribution is -0.114. The Labute approximate surface area is 181 Å². The van der Waals surface area contributed by atoms with Crippen LogP contribution in [0.4, 0.5) is 11.4 Å². The Hall–Kier alpha value is -3.74. The van der Waals surface area contributed by atoms with Crippen LogP contribution in [0, 0.1) is 6.92 Å². The highest BCUT2D eigenvalue weighted by molar-refractivity contribution is 6.06. The molecular weight excluding hydrogens is 396 g/mol. The summed E-state index contributed by atoms with van der Waals surface area (Å²) < 4.78 is 16.7. The molecule has 3 aromatic rings. The van der Waals surface area contributed by atoms with Gasteiger partial charge in [-0.2, -0.15) is 0 Å². The molecule has 0 aliphatic rings. The normalized spacial score (nSPS) is 11.3. The predicted molar refractivity (Wildman–Crippen MR) is 122 cm³/mol. The Morgan fingerprint density at radius 3 is 2.55 bits per heavy atom. The summed E-state index contributed by atoms with van der Waals surface area (Å²) in [6.45, 7) is 7.63. The number of aryl methyl sites for hydroxylation is 1. The van der Waals surface area contributed by atoms with Crippen LogP contribution >= 0.6 is 0 Å². The molecule has 0 saturated carbocycles. The van der Waals surface area contributed by atoms with Gasteiger partial charge in [0.2, 0.25) is 11.8 Å². The van der Waals surface area contributed by atoms with E-state index >= 15 is 0 Å². The summed E-state index contributed by atoms with van der Waals surface area (Å²) >= 11 is 0. The summed E-state index contributed by atoms with van der Waals surface area (Å²) in [5.74, 6) is 0.601. The van der Waals surface area contributed by atoms with Gasteiger partial charge in [0, 0.05) is 35.7 Å². The number of methoxy groups -OCH3 is 1. The fourth-order valence-corrected chi connectivity index (χ4v) is 3.30. The van der Waals surface area contributed by atoms with Crippen LogP contribution in [0.25, 0.3) is 16.5 Å². The van der Waals surface area contributed by atoms with Crippen molar-refractivity contribution in [3.8, 4) is 11.5 Å². The van der Waals surface area contributed by atoms with E-state index < -0.39 is 0 Å². The summed E-state index contributed by atoms with van der Waals surface area (Å²) in [5, 5.41) is 6.48. The Morgan fingerprint density at radius 2 is 1.87 bits per heavy atom. The second-order valence-corrected chi connectivity index (χ2v) is 7.11. The van der Waals surface area contributed by atoms with Crippen LogP contribution in [0.1, 0.15) is 31.9 Å². The number of carbonyl (C=O) groups is 2. The highest BCUT2D eigenvalue weighted by Crippen LogP contribution is 2.34. The minimum atomic E-state index is -0.331. The van der Waals surface area contributed by atoms with Gasteiger partial charge in [-0.05, 0) is 56.2 Å². The second kappa shape index (κ2) is 9.38. The fourth-order valence-electron chi connectivity index (χ4n) is 3.30. The number of allylic oxidation sites excluding steroid dienone is 1. The molecule has 2 amide bonds. The van der Waals surface area contributed by atoms with Crippen molar-refractivity contribution in [1.82, 2.24) is 0 Å². The van der Waals surface area contributed by atoms with E-state index in [1.807, 2.05) is 32.9 Å². The molecule has 0 radical (unpaired) electrons. The number of hydrogen-bond acceptors (Lipinski definition) is 5. The maximum Gasteiger partial charge on any atom is 0.248 e. The number of carbonyl (C=O) groups excluding carboxylic acids is 2. The summed E-state index contributed by atoms with van der Waals surface area (Å²) in [6.07, 6.45) is 3.20. The zero-order valence-corrected chi connectivity index (χ0v) is 18.3. The summed E-state index contributed by atoms with van der Waals surface area (Å²) in [7, 11) is 1.51. The highest BCUT2D eigenvalue weighted by Gasteiger charge is 2.14. The van der Waals surface area contributed by atoms with Gasteiger partial charge in [0.15, 0.2) is 0 Å². The second-order valence-electron chi connectivity index (χ2n) is 7.11. The van der Waals surface area contributed by atoms with Crippen molar-refractivity contribution in [2.75, 3.05) is 24.4 Å². The van der Waals surface area contributed by atoms with Gasteiger partial charge in [-0.25, -0.2) is 0 Å². The van der Waals surface area contributed by atoms with E-state index in [1.54, 1.807) is 24.5 Å². The molecule has 1 heterocycles.